The third-order valence-electron chi connectivity index (χ3n) is 5.43. The van der Waals surface area contributed by atoms with Crippen molar-refractivity contribution in [1.82, 2.24) is 14.5 Å². The number of guanidine groups is 1. The Morgan fingerprint density at radius 2 is 1.72 bits per heavy atom. The first-order valence-electron chi connectivity index (χ1n) is 10.1. The molecule has 0 aromatic heterocycles. The van der Waals surface area contributed by atoms with Gasteiger partial charge in [0.05, 0.1) is 0 Å². The molecule has 0 amide bonds. The summed E-state index contributed by atoms with van der Waals surface area (Å²) in [4.78, 5) is 6.97. The molecular formula is C18H34F3IN4O2S. The van der Waals surface area contributed by atoms with E-state index < -0.39 is 15.5 Å². The van der Waals surface area contributed by atoms with Crippen LogP contribution in [0.15, 0.2) is 4.99 Å². The highest BCUT2D eigenvalue weighted by Crippen LogP contribution is 2.30. The molecule has 11 heteroatoms. The summed E-state index contributed by atoms with van der Waals surface area (Å²) < 4.78 is 61.6. The highest BCUT2D eigenvalue weighted by molar-refractivity contribution is 14.0. The van der Waals surface area contributed by atoms with Gasteiger partial charge in [0, 0.05) is 39.3 Å². The average Bonchev–Trinajstić information content (AvgIpc) is 3.05. The molecule has 0 radical (unpaired) electrons. The minimum atomic E-state index is -5.22. The minimum Gasteiger partial charge on any atom is -0.357 e. The third kappa shape index (κ3) is 7.41. The highest BCUT2D eigenvalue weighted by atomic mass is 127. The zero-order valence-electron chi connectivity index (χ0n) is 17.4. The predicted octanol–water partition coefficient (Wildman–Crippen LogP) is 3.50. The van der Waals surface area contributed by atoms with E-state index in [1.807, 2.05) is 6.92 Å². The number of sulfonamides is 1. The second kappa shape index (κ2) is 11.4. The lowest BCUT2D eigenvalue weighted by molar-refractivity contribution is -0.0496. The Bertz CT molecular complexity index is 636. The van der Waals surface area contributed by atoms with Gasteiger partial charge in [-0.1, -0.05) is 13.8 Å². The SMILES string of the molecule is CCNC(=NCC1CCN(S(=O)(=O)C(F)(F)F)CC1)N1CCC(CC(C)C)C1.I. The predicted molar refractivity (Wildman–Crippen MR) is 120 cm³/mol. The van der Waals surface area contributed by atoms with Gasteiger partial charge >= 0.3 is 15.5 Å². The fourth-order valence-electron chi connectivity index (χ4n) is 4.00. The molecule has 0 bridgehead atoms. The van der Waals surface area contributed by atoms with Gasteiger partial charge in [0.25, 0.3) is 0 Å². The molecule has 29 heavy (non-hydrogen) atoms. The maximum Gasteiger partial charge on any atom is 0.511 e. The number of likely N-dealkylation sites (tertiary alicyclic amines) is 1. The second-order valence-corrected chi connectivity index (χ2v) is 10.1. The molecule has 0 spiro atoms. The molecule has 0 saturated carbocycles. The van der Waals surface area contributed by atoms with Crippen LogP contribution < -0.4 is 5.32 Å². The number of hydrogen-bond donors (Lipinski definition) is 1. The van der Waals surface area contributed by atoms with E-state index in [-0.39, 0.29) is 43.0 Å². The Labute approximate surface area is 189 Å². The van der Waals surface area contributed by atoms with Gasteiger partial charge in [-0.05, 0) is 50.4 Å². The molecule has 0 aromatic carbocycles. The van der Waals surface area contributed by atoms with Crippen LogP contribution in [0, 0.1) is 17.8 Å². The average molecular weight is 554 g/mol. The maximum atomic E-state index is 12.7. The number of hydrogen-bond acceptors (Lipinski definition) is 3. The van der Waals surface area contributed by atoms with Gasteiger partial charge in [0.1, 0.15) is 0 Å². The van der Waals surface area contributed by atoms with E-state index in [2.05, 4.69) is 24.1 Å². The molecule has 172 valence electrons. The van der Waals surface area contributed by atoms with Crippen LogP contribution in [0.3, 0.4) is 0 Å². The van der Waals surface area contributed by atoms with Gasteiger partial charge in [-0.25, -0.2) is 8.42 Å². The van der Waals surface area contributed by atoms with Gasteiger partial charge in [0.2, 0.25) is 0 Å². The van der Waals surface area contributed by atoms with Crippen molar-refractivity contribution in [2.75, 3.05) is 39.3 Å². The fourth-order valence-corrected chi connectivity index (χ4v) is 4.99. The first-order valence-corrected chi connectivity index (χ1v) is 11.6. The summed E-state index contributed by atoms with van der Waals surface area (Å²) >= 11 is 0. The van der Waals surface area contributed by atoms with E-state index in [0.29, 0.717) is 35.5 Å². The topological polar surface area (TPSA) is 65.0 Å². The van der Waals surface area contributed by atoms with E-state index in [1.165, 1.54) is 6.42 Å². The van der Waals surface area contributed by atoms with Gasteiger partial charge in [0.15, 0.2) is 5.96 Å². The summed E-state index contributed by atoms with van der Waals surface area (Å²) in [6.45, 7) is 9.48. The number of nitrogens with one attached hydrogen (secondary N) is 1. The summed E-state index contributed by atoms with van der Waals surface area (Å²) in [6.07, 6.45) is 3.14. The number of aliphatic imine (C=N–C) groups is 1. The van der Waals surface area contributed by atoms with Crippen molar-refractivity contribution in [3.8, 4) is 0 Å². The number of piperidine rings is 1. The highest BCUT2D eigenvalue weighted by Gasteiger charge is 2.50. The largest absolute Gasteiger partial charge is 0.511 e. The Balaban J connectivity index is 0.00000420. The summed E-state index contributed by atoms with van der Waals surface area (Å²) in [6, 6.07) is 0. The molecule has 0 aliphatic carbocycles. The molecule has 0 aromatic rings. The Morgan fingerprint density at radius 1 is 1.14 bits per heavy atom. The molecule has 1 atom stereocenters. The van der Waals surface area contributed by atoms with Gasteiger partial charge < -0.3 is 10.2 Å². The lowest BCUT2D eigenvalue weighted by Gasteiger charge is -2.31. The zero-order chi connectivity index (χ0) is 20.9. The van der Waals surface area contributed by atoms with Crippen LogP contribution >= 0.6 is 24.0 Å². The fraction of sp³-hybridized carbons (Fsp3) is 0.944. The van der Waals surface area contributed by atoms with Crippen molar-refractivity contribution >= 4 is 40.0 Å². The molecule has 2 aliphatic rings. The molecule has 2 aliphatic heterocycles. The first kappa shape index (κ1) is 26.7. The van der Waals surface area contributed by atoms with Crippen molar-refractivity contribution in [3.05, 3.63) is 0 Å². The van der Waals surface area contributed by atoms with Crippen LogP contribution in [0.5, 0.6) is 0 Å². The molecule has 2 heterocycles. The van der Waals surface area contributed by atoms with Gasteiger partial charge in [-0.3, -0.25) is 4.99 Å². The summed E-state index contributed by atoms with van der Waals surface area (Å²) in [5.74, 6) is 2.30. The molecule has 2 fully saturated rings. The van der Waals surface area contributed by atoms with Crippen molar-refractivity contribution in [1.29, 1.82) is 0 Å². The van der Waals surface area contributed by atoms with Crippen molar-refractivity contribution in [2.24, 2.45) is 22.7 Å². The second-order valence-electron chi connectivity index (χ2n) is 8.22. The van der Waals surface area contributed by atoms with Crippen molar-refractivity contribution in [2.45, 2.75) is 52.0 Å². The van der Waals surface area contributed by atoms with Crippen LogP contribution in [0.2, 0.25) is 0 Å². The maximum absolute atomic E-state index is 12.7. The van der Waals surface area contributed by atoms with E-state index >= 15 is 0 Å². The Kier molecular flexibility index (Phi) is 10.5. The molecule has 1 N–H and O–H groups in total. The summed E-state index contributed by atoms with van der Waals surface area (Å²) in [5.41, 5.74) is -5.22. The van der Waals surface area contributed by atoms with Crippen LogP contribution in [-0.4, -0.2) is 68.4 Å². The monoisotopic (exact) mass is 554 g/mol. The van der Waals surface area contributed by atoms with Crippen LogP contribution in [0.25, 0.3) is 0 Å². The Morgan fingerprint density at radius 3 is 2.24 bits per heavy atom. The van der Waals surface area contributed by atoms with E-state index in [1.54, 1.807) is 0 Å². The van der Waals surface area contributed by atoms with Crippen LogP contribution in [0.4, 0.5) is 13.2 Å². The van der Waals surface area contributed by atoms with Gasteiger partial charge in [-0.15, -0.1) is 24.0 Å². The van der Waals surface area contributed by atoms with E-state index in [4.69, 9.17) is 4.99 Å². The number of rotatable bonds is 6. The van der Waals surface area contributed by atoms with E-state index in [0.717, 1.165) is 32.0 Å². The molecular weight excluding hydrogens is 520 g/mol. The molecule has 2 rings (SSSR count). The minimum absolute atomic E-state index is 0. The smallest absolute Gasteiger partial charge is 0.357 e. The third-order valence-corrected chi connectivity index (χ3v) is 7.06. The molecule has 6 nitrogen and oxygen atoms in total. The van der Waals surface area contributed by atoms with Gasteiger partial charge in [-0.2, -0.15) is 17.5 Å². The Hall–Kier alpha value is -0.300. The lowest BCUT2D eigenvalue weighted by atomic mass is 9.97. The quantitative estimate of drug-likeness (QED) is 0.310. The standard InChI is InChI=1S/C18H33F3N4O2S.HI/c1-4-22-17(24-8-5-16(13-24)11-14(2)3)23-12-15-6-9-25(10-7-15)28(26,27)18(19,20)21;/h14-16H,4-13H2,1-3H3,(H,22,23);1H. The van der Waals surface area contributed by atoms with Crippen molar-refractivity contribution in [3.63, 3.8) is 0 Å². The molecule has 2 saturated heterocycles. The number of nitrogens with zero attached hydrogens (tertiary/aromatic N) is 3. The van der Waals surface area contributed by atoms with E-state index in [9.17, 15) is 21.6 Å². The number of halogens is 4. The summed E-state index contributed by atoms with van der Waals surface area (Å²) in [7, 11) is -5.22. The lowest BCUT2D eigenvalue weighted by Crippen LogP contribution is -2.45. The number of alkyl halides is 3. The zero-order valence-corrected chi connectivity index (χ0v) is 20.6. The van der Waals surface area contributed by atoms with Crippen LogP contribution in [0.1, 0.15) is 46.5 Å². The van der Waals surface area contributed by atoms with Crippen LogP contribution in [-0.2, 0) is 10.0 Å². The molecule has 1 unspecified atom stereocenters. The van der Waals surface area contributed by atoms with Crippen molar-refractivity contribution < 1.29 is 21.6 Å². The summed E-state index contributed by atoms with van der Waals surface area (Å²) in [5, 5.41) is 3.31. The normalized spacial score (nSPS) is 22.8. The first-order chi connectivity index (χ1) is 13.0.